The molecule has 3 rings (SSSR count). The van der Waals surface area contributed by atoms with E-state index in [0.29, 0.717) is 11.6 Å². The number of amides is 1. The highest BCUT2D eigenvalue weighted by Gasteiger charge is 2.21. The molecule has 3 aromatic rings. The van der Waals surface area contributed by atoms with E-state index in [1.165, 1.54) is 18.3 Å². The number of nitrogens with zero attached hydrogens (tertiary/aromatic N) is 1. The van der Waals surface area contributed by atoms with Crippen LogP contribution in [0.25, 0.3) is 0 Å². The topological polar surface area (TPSA) is 88.5 Å². The van der Waals surface area contributed by atoms with Gasteiger partial charge in [-0.15, -0.1) is 0 Å². The smallest absolute Gasteiger partial charge is 0.336 e. The Hall–Kier alpha value is -3.52. The fraction of sp³-hybridized carbons (Fsp3) is 0.0952. The average molecular weight is 433 g/mol. The molecule has 1 heterocycles. The Morgan fingerprint density at radius 2 is 1.77 bits per heavy atom. The van der Waals surface area contributed by atoms with E-state index in [-0.39, 0.29) is 27.8 Å². The van der Waals surface area contributed by atoms with E-state index < -0.39 is 29.6 Å². The van der Waals surface area contributed by atoms with Gasteiger partial charge in [-0.2, -0.15) is 0 Å². The standard InChI is InChI=1S/C21H15ClF2N2O4/c1-11(16-4-2-3-5-17(16)21(28)29)26-19(27)18-6-12(22)10-25-20(18)30-15-8-13(23)7-14(24)9-15/h2-11H,1H3,(H,26,27)(H,28,29)/t11-/m0/s1. The minimum Gasteiger partial charge on any atom is -0.478 e. The van der Waals surface area contributed by atoms with E-state index in [0.717, 1.165) is 12.1 Å². The number of hydrogen-bond donors (Lipinski definition) is 2. The zero-order valence-corrected chi connectivity index (χ0v) is 16.3. The minimum atomic E-state index is -1.13. The molecule has 6 nitrogen and oxygen atoms in total. The molecule has 1 atom stereocenters. The van der Waals surface area contributed by atoms with Crippen molar-refractivity contribution in [2.75, 3.05) is 0 Å². The Morgan fingerprint density at radius 3 is 2.43 bits per heavy atom. The summed E-state index contributed by atoms with van der Waals surface area (Å²) in [7, 11) is 0. The van der Waals surface area contributed by atoms with E-state index in [1.807, 2.05) is 0 Å². The highest BCUT2D eigenvalue weighted by molar-refractivity contribution is 6.30. The van der Waals surface area contributed by atoms with Gasteiger partial charge in [0.1, 0.15) is 22.9 Å². The molecule has 1 aromatic heterocycles. The molecular formula is C21H15ClF2N2O4. The quantitative estimate of drug-likeness (QED) is 0.572. The van der Waals surface area contributed by atoms with Crippen molar-refractivity contribution in [2.24, 2.45) is 0 Å². The van der Waals surface area contributed by atoms with Crippen LogP contribution in [0, 0.1) is 11.6 Å². The molecule has 0 saturated carbocycles. The molecule has 0 bridgehead atoms. The summed E-state index contributed by atoms with van der Waals surface area (Å²) in [6.45, 7) is 1.61. The molecule has 0 spiro atoms. The SMILES string of the molecule is C[C@H](NC(=O)c1cc(Cl)cnc1Oc1cc(F)cc(F)c1)c1ccccc1C(=O)O. The first kappa shape index (κ1) is 21.2. The first-order chi connectivity index (χ1) is 14.2. The fourth-order valence-corrected chi connectivity index (χ4v) is 2.95. The van der Waals surface area contributed by atoms with Crippen molar-refractivity contribution < 1.29 is 28.2 Å². The molecule has 0 fully saturated rings. The third-order valence-electron chi connectivity index (χ3n) is 4.12. The van der Waals surface area contributed by atoms with Gasteiger partial charge in [0.05, 0.1) is 16.6 Å². The number of carboxylic acids is 1. The van der Waals surface area contributed by atoms with Crippen molar-refractivity contribution in [1.29, 1.82) is 0 Å². The van der Waals surface area contributed by atoms with Crippen molar-refractivity contribution >= 4 is 23.5 Å². The van der Waals surface area contributed by atoms with E-state index in [1.54, 1.807) is 25.1 Å². The van der Waals surface area contributed by atoms with Crippen LogP contribution in [0.2, 0.25) is 5.02 Å². The third-order valence-corrected chi connectivity index (χ3v) is 4.32. The second kappa shape index (κ2) is 8.87. The van der Waals surface area contributed by atoms with Gasteiger partial charge in [0.25, 0.3) is 5.91 Å². The number of nitrogens with one attached hydrogen (secondary N) is 1. The number of benzene rings is 2. The van der Waals surface area contributed by atoms with Gasteiger partial charge in [0.15, 0.2) is 0 Å². The summed E-state index contributed by atoms with van der Waals surface area (Å²) in [5, 5.41) is 12.1. The van der Waals surface area contributed by atoms with Gasteiger partial charge in [-0.3, -0.25) is 4.79 Å². The van der Waals surface area contributed by atoms with Crippen LogP contribution < -0.4 is 10.1 Å². The van der Waals surface area contributed by atoms with E-state index in [4.69, 9.17) is 16.3 Å². The summed E-state index contributed by atoms with van der Waals surface area (Å²) in [6.07, 6.45) is 1.21. The molecule has 0 aliphatic heterocycles. The number of carbonyl (C=O) groups excluding carboxylic acids is 1. The molecule has 154 valence electrons. The molecule has 0 radical (unpaired) electrons. The van der Waals surface area contributed by atoms with Gasteiger partial charge in [-0.1, -0.05) is 29.8 Å². The molecule has 0 unspecified atom stereocenters. The Bertz CT molecular complexity index is 1100. The summed E-state index contributed by atoms with van der Waals surface area (Å²) in [6, 6.07) is 9.39. The maximum absolute atomic E-state index is 13.4. The fourth-order valence-electron chi connectivity index (χ4n) is 2.79. The van der Waals surface area contributed by atoms with Gasteiger partial charge in [0.2, 0.25) is 5.88 Å². The van der Waals surface area contributed by atoms with Gasteiger partial charge in [-0.05, 0) is 24.6 Å². The highest BCUT2D eigenvalue weighted by atomic mass is 35.5. The van der Waals surface area contributed by atoms with Crippen molar-refractivity contribution in [3.63, 3.8) is 0 Å². The van der Waals surface area contributed by atoms with E-state index >= 15 is 0 Å². The second-order valence-electron chi connectivity index (χ2n) is 6.30. The van der Waals surface area contributed by atoms with Gasteiger partial charge in [0, 0.05) is 24.4 Å². The number of halogens is 3. The molecule has 0 saturated heterocycles. The summed E-state index contributed by atoms with van der Waals surface area (Å²) in [5.41, 5.74) is 0.344. The van der Waals surface area contributed by atoms with E-state index in [9.17, 15) is 23.5 Å². The number of hydrogen-bond acceptors (Lipinski definition) is 4. The number of aromatic nitrogens is 1. The van der Waals surface area contributed by atoms with Crippen LogP contribution in [0.3, 0.4) is 0 Å². The van der Waals surface area contributed by atoms with Gasteiger partial charge < -0.3 is 15.2 Å². The molecular weight excluding hydrogens is 418 g/mol. The van der Waals surface area contributed by atoms with Crippen LogP contribution >= 0.6 is 11.6 Å². The lowest BCUT2D eigenvalue weighted by atomic mass is 10.0. The largest absolute Gasteiger partial charge is 0.478 e. The number of carboxylic acid groups (broad SMARTS) is 1. The first-order valence-corrected chi connectivity index (χ1v) is 9.05. The van der Waals surface area contributed by atoms with Crippen LogP contribution in [-0.2, 0) is 0 Å². The van der Waals surface area contributed by atoms with Crippen LogP contribution in [0.1, 0.15) is 39.2 Å². The summed E-state index contributed by atoms with van der Waals surface area (Å²) in [5.74, 6) is -3.92. The Labute approximate surface area is 175 Å². The van der Waals surface area contributed by atoms with Gasteiger partial charge >= 0.3 is 5.97 Å². The Morgan fingerprint density at radius 1 is 1.10 bits per heavy atom. The van der Waals surface area contributed by atoms with E-state index in [2.05, 4.69) is 10.3 Å². The lowest BCUT2D eigenvalue weighted by Gasteiger charge is -2.17. The average Bonchev–Trinajstić information content (AvgIpc) is 2.68. The Balaban J connectivity index is 1.89. The Kier molecular flexibility index (Phi) is 6.27. The molecule has 2 aromatic carbocycles. The summed E-state index contributed by atoms with van der Waals surface area (Å²) < 4.78 is 32.2. The van der Waals surface area contributed by atoms with Crippen LogP contribution in [0.15, 0.2) is 54.7 Å². The number of ether oxygens (including phenoxy) is 1. The normalized spacial score (nSPS) is 11.6. The predicted octanol–water partition coefficient (Wildman–Crippen LogP) is 4.99. The number of carbonyl (C=O) groups is 2. The molecule has 2 N–H and O–H groups in total. The third kappa shape index (κ3) is 4.90. The predicted molar refractivity (Wildman–Crippen MR) is 105 cm³/mol. The summed E-state index contributed by atoms with van der Waals surface area (Å²) in [4.78, 5) is 28.2. The summed E-state index contributed by atoms with van der Waals surface area (Å²) >= 11 is 5.94. The molecule has 30 heavy (non-hydrogen) atoms. The number of pyridine rings is 1. The van der Waals surface area contributed by atoms with Crippen LogP contribution in [0.4, 0.5) is 8.78 Å². The molecule has 0 aliphatic carbocycles. The molecule has 0 aliphatic rings. The maximum atomic E-state index is 13.4. The number of aromatic carboxylic acids is 1. The van der Waals surface area contributed by atoms with Crippen LogP contribution in [-0.4, -0.2) is 22.0 Å². The van der Waals surface area contributed by atoms with Crippen molar-refractivity contribution in [2.45, 2.75) is 13.0 Å². The lowest BCUT2D eigenvalue weighted by Crippen LogP contribution is -2.28. The van der Waals surface area contributed by atoms with Crippen molar-refractivity contribution in [3.05, 3.63) is 88.1 Å². The zero-order valence-electron chi connectivity index (χ0n) is 15.5. The zero-order chi connectivity index (χ0) is 21.8. The second-order valence-corrected chi connectivity index (χ2v) is 6.74. The number of rotatable bonds is 6. The minimum absolute atomic E-state index is 0.0428. The first-order valence-electron chi connectivity index (χ1n) is 8.67. The molecule has 9 heteroatoms. The van der Waals surface area contributed by atoms with Crippen molar-refractivity contribution in [1.82, 2.24) is 10.3 Å². The van der Waals surface area contributed by atoms with Crippen LogP contribution in [0.5, 0.6) is 11.6 Å². The van der Waals surface area contributed by atoms with Gasteiger partial charge in [-0.25, -0.2) is 18.6 Å². The van der Waals surface area contributed by atoms with Crippen molar-refractivity contribution in [3.8, 4) is 11.6 Å². The highest BCUT2D eigenvalue weighted by Crippen LogP contribution is 2.27. The maximum Gasteiger partial charge on any atom is 0.336 e. The lowest BCUT2D eigenvalue weighted by molar-refractivity contribution is 0.0693. The molecule has 1 amide bonds. The monoisotopic (exact) mass is 432 g/mol.